The topological polar surface area (TPSA) is 49.9 Å². The van der Waals surface area contributed by atoms with Crippen LogP contribution < -0.4 is 4.74 Å². The maximum Gasteiger partial charge on any atom is 0.260 e. The normalized spacial score (nSPS) is 17.2. The summed E-state index contributed by atoms with van der Waals surface area (Å²) in [4.78, 5) is 28.3. The number of ether oxygens (including phenoxy) is 1. The van der Waals surface area contributed by atoms with Crippen molar-refractivity contribution in [2.24, 2.45) is 0 Å². The van der Waals surface area contributed by atoms with Gasteiger partial charge in [-0.05, 0) is 48.9 Å². The maximum atomic E-state index is 13.1. The third-order valence-electron chi connectivity index (χ3n) is 4.96. The van der Waals surface area contributed by atoms with E-state index in [-0.39, 0.29) is 30.2 Å². The summed E-state index contributed by atoms with van der Waals surface area (Å²) in [5.74, 6) is 0.267. The molecule has 154 valence electrons. The summed E-state index contributed by atoms with van der Waals surface area (Å²) >= 11 is 5.85. The highest BCUT2D eigenvalue weighted by Gasteiger charge is 2.30. The lowest BCUT2D eigenvalue weighted by Gasteiger charge is -2.41. The van der Waals surface area contributed by atoms with Gasteiger partial charge in [-0.1, -0.05) is 23.7 Å². The Kier molecular flexibility index (Phi) is 7.23. The summed E-state index contributed by atoms with van der Waals surface area (Å²) in [6.45, 7) is 3.76. The highest BCUT2D eigenvalue weighted by atomic mass is 35.5. The fourth-order valence-electron chi connectivity index (χ4n) is 3.44. The molecule has 1 amide bonds. The van der Waals surface area contributed by atoms with Gasteiger partial charge in [-0.2, -0.15) is 0 Å². The standard InChI is InChI=1S/C22H24ClFN2O3/c1-16(27)12-20-14-26(22(28)15-29-21-8-4-18(23)5-9-21)11-10-25(20)13-17-2-6-19(24)7-3-17/h2-9,20H,10-15H2,1H3. The monoisotopic (exact) mass is 418 g/mol. The molecule has 0 saturated carbocycles. The zero-order chi connectivity index (χ0) is 20.8. The fraction of sp³-hybridized carbons (Fsp3) is 0.364. The number of hydrogen-bond acceptors (Lipinski definition) is 4. The molecule has 2 aromatic carbocycles. The highest BCUT2D eigenvalue weighted by Crippen LogP contribution is 2.19. The number of carbonyl (C=O) groups excluding carboxylic acids is 2. The van der Waals surface area contributed by atoms with E-state index in [1.165, 1.54) is 12.1 Å². The molecule has 0 spiro atoms. The highest BCUT2D eigenvalue weighted by molar-refractivity contribution is 6.30. The van der Waals surface area contributed by atoms with Crippen LogP contribution in [0, 0.1) is 5.82 Å². The molecule has 0 bridgehead atoms. The third kappa shape index (κ3) is 6.27. The van der Waals surface area contributed by atoms with Crippen molar-refractivity contribution in [3.63, 3.8) is 0 Å². The number of Topliss-reactive ketones (excluding diaryl/α,β-unsaturated/α-hetero) is 1. The minimum absolute atomic E-state index is 0.0631. The summed E-state index contributed by atoms with van der Waals surface area (Å²) in [5.41, 5.74) is 0.978. The van der Waals surface area contributed by atoms with Crippen LogP contribution in [0.4, 0.5) is 4.39 Å². The Morgan fingerprint density at radius 3 is 2.45 bits per heavy atom. The van der Waals surface area contributed by atoms with Crippen LogP contribution in [0.2, 0.25) is 5.02 Å². The van der Waals surface area contributed by atoms with Crippen molar-refractivity contribution in [1.82, 2.24) is 9.80 Å². The van der Waals surface area contributed by atoms with Gasteiger partial charge < -0.3 is 9.64 Å². The van der Waals surface area contributed by atoms with Gasteiger partial charge in [0.2, 0.25) is 0 Å². The lowest BCUT2D eigenvalue weighted by atomic mass is 10.0. The van der Waals surface area contributed by atoms with E-state index in [1.807, 2.05) is 0 Å². The van der Waals surface area contributed by atoms with E-state index in [0.717, 1.165) is 5.56 Å². The Hall–Kier alpha value is -2.44. The number of amides is 1. The van der Waals surface area contributed by atoms with E-state index in [1.54, 1.807) is 48.2 Å². The van der Waals surface area contributed by atoms with Crippen LogP contribution >= 0.6 is 11.6 Å². The molecule has 29 heavy (non-hydrogen) atoms. The minimum Gasteiger partial charge on any atom is -0.484 e. The average molecular weight is 419 g/mol. The van der Waals surface area contributed by atoms with E-state index in [0.29, 0.717) is 43.4 Å². The molecule has 1 heterocycles. The number of nitrogens with zero attached hydrogens (tertiary/aromatic N) is 2. The maximum absolute atomic E-state index is 13.1. The summed E-state index contributed by atoms with van der Waals surface area (Å²) in [5, 5.41) is 0.605. The molecule has 1 aliphatic rings. The van der Waals surface area contributed by atoms with Gasteiger partial charge in [-0.25, -0.2) is 4.39 Å². The van der Waals surface area contributed by atoms with E-state index in [9.17, 15) is 14.0 Å². The molecule has 1 fully saturated rings. The van der Waals surface area contributed by atoms with Crippen molar-refractivity contribution in [3.8, 4) is 5.75 Å². The van der Waals surface area contributed by atoms with Crippen molar-refractivity contribution in [2.45, 2.75) is 25.9 Å². The van der Waals surface area contributed by atoms with E-state index >= 15 is 0 Å². The number of rotatable bonds is 7. The lowest BCUT2D eigenvalue weighted by molar-refractivity contribution is -0.137. The predicted octanol–water partition coefficient (Wildman–Crippen LogP) is 3.55. The first-order chi connectivity index (χ1) is 13.9. The van der Waals surface area contributed by atoms with Gasteiger partial charge in [0, 0.05) is 43.7 Å². The van der Waals surface area contributed by atoms with Gasteiger partial charge in [0.1, 0.15) is 17.3 Å². The largest absolute Gasteiger partial charge is 0.484 e. The number of benzene rings is 2. The Bertz CT molecular complexity index is 842. The number of piperazine rings is 1. The summed E-state index contributed by atoms with van der Waals surface area (Å²) in [6, 6.07) is 13.1. The molecule has 2 aromatic rings. The van der Waals surface area contributed by atoms with Crippen molar-refractivity contribution in [3.05, 3.63) is 64.9 Å². The molecule has 1 atom stereocenters. The molecule has 0 radical (unpaired) electrons. The number of carbonyl (C=O) groups is 2. The van der Waals surface area contributed by atoms with Crippen LogP contribution in [-0.4, -0.2) is 53.8 Å². The molecule has 7 heteroatoms. The van der Waals surface area contributed by atoms with Crippen LogP contribution in [-0.2, 0) is 16.1 Å². The molecule has 1 unspecified atom stereocenters. The van der Waals surface area contributed by atoms with Crippen molar-refractivity contribution >= 4 is 23.3 Å². The smallest absolute Gasteiger partial charge is 0.260 e. The van der Waals surface area contributed by atoms with Gasteiger partial charge in [-0.15, -0.1) is 0 Å². The first kappa shape index (κ1) is 21.3. The van der Waals surface area contributed by atoms with Gasteiger partial charge in [0.25, 0.3) is 5.91 Å². The van der Waals surface area contributed by atoms with Crippen molar-refractivity contribution < 1.29 is 18.7 Å². The van der Waals surface area contributed by atoms with Crippen molar-refractivity contribution in [2.75, 3.05) is 26.2 Å². The molecule has 0 aromatic heterocycles. The van der Waals surface area contributed by atoms with Gasteiger partial charge in [0.05, 0.1) is 0 Å². The zero-order valence-electron chi connectivity index (χ0n) is 16.3. The molecule has 3 rings (SSSR count). The first-order valence-electron chi connectivity index (χ1n) is 9.55. The van der Waals surface area contributed by atoms with Gasteiger partial charge in [0.15, 0.2) is 6.61 Å². The molecule has 5 nitrogen and oxygen atoms in total. The first-order valence-corrected chi connectivity index (χ1v) is 9.92. The lowest BCUT2D eigenvalue weighted by Crippen LogP contribution is -2.55. The Morgan fingerprint density at radius 2 is 1.79 bits per heavy atom. The second-order valence-electron chi connectivity index (χ2n) is 7.24. The average Bonchev–Trinajstić information content (AvgIpc) is 2.70. The second kappa shape index (κ2) is 9.85. The van der Waals surface area contributed by atoms with E-state index < -0.39 is 0 Å². The Morgan fingerprint density at radius 1 is 1.10 bits per heavy atom. The van der Waals surface area contributed by atoms with Crippen LogP contribution in [0.1, 0.15) is 18.9 Å². The second-order valence-corrected chi connectivity index (χ2v) is 7.68. The number of ketones is 1. The molecule has 1 aliphatic heterocycles. The molecule has 0 N–H and O–H groups in total. The Labute approximate surface area is 175 Å². The van der Waals surface area contributed by atoms with E-state index in [4.69, 9.17) is 16.3 Å². The SMILES string of the molecule is CC(=O)CC1CN(C(=O)COc2ccc(Cl)cc2)CCN1Cc1ccc(F)cc1. The summed E-state index contributed by atoms with van der Waals surface area (Å²) < 4.78 is 18.7. The summed E-state index contributed by atoms with van der Waals surface area (Å²) in [6.07, 6.45) is 0.364. The van der Waals surface area contributed by atoms with Crippen LogP contribution in [0.5, 0.6) is 5.75 Å². The Balaban J connectivity index is 1.59. The third-order valence-corrected chi connectivity index (χ3v) is 5.21. The van der Waals surface area contributed by atoms with Gasteiger partial charge >= 0.3 is 0 Å². The van der Waals surface area contributed by atoms with Gasteiger partial charge in [-0.3, -0.25) is 14.5 Å². The molecule has 1 saturated heterocycles. The molecule has 0 aliphatic carbocycles. The van der Waals surface area contributed by atoms with Crippen LogP contribution in [0.3, 0.4) is 0 Å². The predicted molar refractivity (Wildman–Crippen MR) is 109 cm³/mol. The fourth-order valence-corrected chi connectivity index (χ4v) is 3.57. The number of halogens is 2. The van der Waals surface area contributed by atoms with Crippen molar-refractivity contribution in [1.29, 1.82) is 0 Å². The minimum atomic E-state index is -0.273. The van der Waals surface area contributed by atoms with E-state index in [2.05, 4.69) is 4.90 Å². The summed E-state index contributed by atoms with van der Waals surface area (Å²) in [7, 11) is 0. The van der Waals surface area contributed by atoms with Crippen LogP contribution in [0.25, 0.3) is 0 Å². The zero-order valence-corrected chi connectivity index (χ0v) is 17.1. The quantitative estimate of drug-likeness (QED) is 0.690. The number of hydrogen-bond donors (Lipinski definition) is 0. The molecular weight excluding hydrogens is 395 g/mol. The van der Waals surface area contributed by atoms with Crippen LogP contribution in [0.15, 0.2) is 48.5 Å². The molecular formula is C22H24ClFN2O3.